The predicted octanol–water partition coefficient (Wildman–Crippen LogP) is 4.07. The van der Waals surface area contributed by atoms with Gasteiger partial charge < -0.3 is 14.2 Å². The summed E-state index contributed by atoms with van der Waals surface area (Å²) >= 11 is 0. The molecule has 182 valence electrons. The Labute approximate surface area is 204 Å². The molecular formula is C27H29N3O5. The molecule has 3 aromatic rings. The maximum absolute atomic E-state index is 12.8. The molecular weight excluding hydrogens is 446 g/mol. The second-order valence-corrected chi connectivity index (χ2v) is 8.79. The highest BCUT2D eigenvalue weighted by Crippen LogP contribution is 2.22. The van der Waals surface area contributed by atoms with Gasteiger partial charge in [0.2, 0.25) is 11.7 Å². The highest BCUT2D eigenvalue weighted by molar-refractivity contribution is 5.99. The van der Waals surface area contributed by atoms with E-state index in [4.69, 9.17) is 9.26 Å². The standard InChI is InChI=1S/C27H29N3O5/c1-18-15-23(20(3)30(18)25-16-19(2)35-28-25)24(31)17-34-27(33)22-11-13-29(14-12-22)26(32)10-9-21-7-5-4-6-8-21/h4-10,15-16,22H,11-14,17H2,1-3H3/b10-9+. The minimum atomic E-state index is -0.397. The van der Waals surface area contributed by atoms with Crippen LogP contribution in [0.3, 0.4) is 0 Å². The fourth-order valence-corrected chi connectivity index (χ4v) is 4.36. The van der Waals surface area contributed by atoms with E-state index in [9.17, 15) is 14.4 Å². The number of carbonyl (C=O) groups excluding carboxylic acids is 3. The number of benzene rings is 1. The zero-order chi connectivity index (χ0) is 24.9. The van der Waals surface area contributed by atoms with Gasteiger partial charge in [-0.1, -0.05) is 35.5 Å². The van der Waals surface area contributed by atoms with Crippen LogP contribution in [0.5, 0.6) is 0 Å². The van der Waals surface area contributed by atoms with E-state index in [0.717, 1.165) is 11.3 Å². The average Bonchev–Trinajstić information content (AvgIpc) is 3.42. The molecule has 4 rings (SSSR count). The summed E-state index contributed by atoms with van der Waals surface area (Å²) in [5, 5.41) is 4.02. The number of esters is 1. The van der Waals surface area contributed by atoms with E-state index in [0.29, 0.717) is 48.8 Å². The van der Waals surface area contributed by atoms with E-state index in [1.807, 2.05) is 48.7 Å². The van der Waals surface area contributed by atoms with Crippen molar-refractivity contribution >= 4 is 23.7 Å². The van der Waals surface area contributed by atoms with Gasteiger partial charge >= 0.3 is 5.97 Å². The maximum atomic E-state index is 12.8. The molecule has 0 spiro atoms. The number of Topliss-reactive ketones (excluding diaryl/α,β-unsaturated/α-hetero) is 1. The van der Waals surface area contributed by atoms with Crippen molar-refractivity contribution in [1.82, 2.24) is 14.6 Å². The predicted molar refractivity (Wildman–Crippen MR) is 130 cm³/mol. The summed E-state index contributed by atoms with van der Waals surface area (Å²) in [6, 6.07) is 13.2. The van der Waals surface area contributed by atoms with Crippen LogP contribution < -0.4 is 0 Å². The Bertz CT molecular complexity index is 1250. The molecule has 0 aliphatic carbocycles. The van der Waals surface area contributed by atoms with Gasteiger partial charge in [-0.05, 0) is 51.3 Å². The number of piperidine rings is 1. The van der Waals surface area contributed by atoms with Gasteiger partial charge in [-0.25, -0.2) is 0 Å². The van der Waals surface area contributed by atoms with Gasteiger partial charge in [0.15, 0.2) is 12.4 Å². The van der Waals surface area contributed by atoms with E-state index in [2.05, 4.69) is 5.16 Å². The third-order valence-electron chi connectivity index (χ3n) is 6.28. The van der Waals surface area contributed by atoms with Crippen molar-refractivity contribution in [2.24, 2.45) is 5.92 Å². The molecule has 1 aliphatic rings. The molecule has 8 nitrogen and oxygen atoms in total. The van der Waals surface area contributed by atoms with Crippen molar-refractivity contribution in [3.63, 3.8) is 0 Å². The van der Waals surface area contributed by atoms with Crippen molar-refractivity contribution < 1.29 is 23.6 Å². The molecule has 8 heteroatoms. The van der Waals surface area contributed by atoms with Crippen molar-refractivity contribution in [2.45, 2.75) is 33.6 Å². The van der Waals surface area contributed by atoms with Crippen LogP contribution in [0.1, 0.15) is 45.9 Å². The average molecular weight is 476 g/mol. The molecule has 1 saturated heterocycles. The number of ketones is 1. The number of rotatable bonds is 7. The van der Waals surface area contributed by atoms with Gasteiger partial charge in [-0.3, -0.25) is 19.0 Å². The first kappa shape index (κ1) is 24.2. The van der Waals surface area contributed by atoms with Crippen molar-refractivity contribution in [2.75, 3.05) is 19.7 Å². The molecule has 3 heterocycles. The highest BCUT2D eigenvalue weighted by atomic mass is 16.5. The molecule has 0 bridgehead atoms. The molecule has 0 saturated carbocycles. The smallest absolute Gasteiger partial charge is 0.309 e. The quantitative estimate of drug-likeness (QED) is 0.290. The molecule has 35 heavy (non-hydrogen) atoms. The van der Waals surface area contributed by atoms with Gasteiger partial charge in [0.05, 0.1) is 5.92 Å². The molecule has 0 atom stereocenters. The number of amides is 1. The number of hydrogen-bond donors (Lipinski definition) is 0. The van der Waals surface area contributed by atoms with E-state index in [1.54, 1.807) is 36.1 Å². The maximum Gasteiger partial charge on any atom is 0.309 e. The van der Waals surface area contributed by atoms with Crippen molar-refractivity contribution in [3.05, 3.63) is 76.8 Å². The third kappa shape index (κ3) is 5.59. The van der Waals surface area contributed by atoms with Crippen molar-refractivity contribution in [1.29, 1.82) is 0 Å². The minimum Gasteiger partial charge on any atom is -0.457 e. The first-order chi connectivity index (χ1) is 16.8. The SMILES string of the molecule is Cc1cc(-n2c(C)cc(C(=O)COC(=O)C3CCN(C(=O)/C=C/c4ccccc4)CC3)c2C)no1. The van der Waals surface area contributed by atoms with Crippen LogP contribution in [0.15, 0.2) is 53.1 Å². The lowest BCUT2D eigenvalue weighted by Crippen LogP contribution is -2.40. The molecule has 1 aliphatic heterocycles. The second-order valence-electron chi connectivity index (χ2n) is 8.79. The molecule has 0 unspecified atom stereocenters. The Morgan fingerprint density at radius 1 is 1.09 bits per heavy atom. The summed E-state index contributed by atoms with van der Waals surface area (Å²) in [7, 11) is 0. The molecule has 1 amide bonds. The zero-order valence-corrected chi connectivity index (χ0v) is 20.2. The summed E-state index contributed by atoms with van der Waals surface area (Å²) in [4.78, 5) is 39.6. The topological polar surface area (TPSA) is 94.6 Å². The van der Waals surface area contributed by atoms with Crippen LogP contribution in [0, 0.1) is 26.7 Å². The first-order valence-corrected chi connectivity index (χ1v) is 11.7. The largest absolute Gasteiger partial charge is 0.457 e. The lowest BCUT2D eigenvalue weighted by atomic mass is 9.97. The fourth-order valence-electron chi connectivity index (χ4n) is 4.36. The summed E-state index contributed by atoms with van der Waals surface area (Å²) < 4.78 is 12.3. The Hall–Kier alpha value is -3.94. The van der Waals surface area contributed by atoms with Crippen LogP contribution in [0.25, 0.3) is 11.9 Å². The Morgan fingerprint density at radius 2 is 1.80 bits per heavy atom. The summed E-state index contributed by atoms with van der Waals surface area (Å²) in [6.45, 7) is 6.14. The van der Waals surface area contributed by atoms with Gasteiger partial charge in [0.25, 0.3) is 0 Å². The normalized spacial score (nSPS) is 14.4. The zero-order valence-electron chi connectivity index (χ0n) is 20.2. The number of ether oxygens (including phenoxy) is 1. The van der Waals surface area contributed by atoms with E-state index in [1.165, 1.54) is 0 Å². The Morgan fingerprint density at radius 3 is 2.46 bits per heavy atom. The Kier molecular flexibility index (Phi) is 7.29. The Balaban J connectivity index is 1.28. The monoisotopic (exact) mass is 475 g/mol. The number of hydrogen-bond acceptors (Lipinski definition) is 6. The molecule has 0 radical (unpaired) electrons. The summed E-state index contributed by atoms with van der Waals surface area (Å²) in [5.74, 6) is 0.217. The molecule has 1 fully saturated rings. The highest BCUT2D eigenvalue weighted by Gasteiger charge is 2.28. The van der Waals surface area contributed by atoms with E-state index in [-0.39, 0.29) is 24.2 Å². The molecule has 1 aromatic carbocycles. The van der Waals surface area contributed by atoms with Gasteiger partial charge in [-0.15, -0.1) is 0 Å². The van der Waals surface area contributed by atoms with E-state index < -0.39 is 5.97 Å². The second kappa shape index (κ2) is 10.5. The van der Waals surface area contributed by atoms with Gasteiger partial charge in [0.1, 0.15) is 5.76 Å². The number of nitrogens with zero attached hydrogens (tertiary/aromatic N) is 3. The number of carbonyl (C=O) groups is 3. The summed E-state index contributed by atoms with van der Waals surface area (Å²) in [6.07, 6.45) is 4.37. The van der Waals surface area contributed by atoms with Crippen LogP contribution in [-0.2, 0) is 14.3 Å². The molecule has 2 aromatic heterocycles. The lowest BCUT2D eigenvalue weighted by molar-refractivity contribution is -0.150. The number of likely N-dealkylation sites (tertiary alicyclic amines) is 1. The van der Waals surface area contributed by atoms with Crippen LogP contribution >= 0.6 is 0 Å². The van der Waals surface area contributed by atoms with Crippen LogP contribution in [0.2, 0.25) is 0 Å². The van der Waals surface area contributed by atoms with Crippen LogP contribution in [-0.4, -0.2) is 52.0 Å². The number of aryl methyl sites for hydroxylation is 2. The summed E-state index contributed by atoms with van der Waals surface area (Å²) in [5.41, 5.74) is 3.00. The first-order valence-electron chi connectivity index (χ1n) is 11.7. The lowest BCUT2D eigenvalue weighted by Gasteiger charge is -2.30. The fraction of sp³-hybridized carbons (Fsp3) is 0.333. The third-order valence-corrected chi connectivity index (χ3v) is 6.28. The number of aromatic nitrogens is 2. The van der Waals surface area contributed by atoms with Crippen LogP contribution in [0.4, 0.5) is 0 Å². The molecule has 0 N–H and O–H groups in total. The van der Waals surface area contributed by atoms with Gasteiger partial charge in [-0.2, -0.15) is 0 Å². The van der Waals surface area contributed by atoms with E-state index >= 15 is 0 Å². The van der Waals surface area contributed by atoms with Gasteiger partial charge in [0, 0.05) is 42.2 Å². The minimum absolute atomic E-state index is 0.0755. The van der Waals surface area contributed by atoms with Crippen molar-refractivity contribution in [3.8, 4) is 5.82 Å².